The molecule has 0 aliphatic heterocycles. The van der Waals surface area contributed by atoms with Crippen LogP contribution in [0.15, 0.2) is 29.2 Å². The fraction of sp³-hybridized carbons (Fsp3) is 0.417. The molecule has 0 saturated carbocycles. The number of nitrogens with one attached hydrogen (secondary N) is 1. The smallest absolute Gasteiger partial charge is 0.251 e. The van der Waals surface area contributed by atoms with Gasteiger partial charge in [0.25, 0.3) is 5.91 Å². The Morgan fingerprint density at radius 2 is 1.94 bits per heavy atom. The topological polar surface area (TPSA) is 32.3 Å². The first kappa shape index (κ1) is 13.1. The molecular formula is C12H18N2OS. The first-order valence-corrected chi connectivity index (χ1v) is 6.43. The lowest BCUT2D eigenvalue weighted by molar-refractivity contribution is 0.0951. The molecule has 0 aliphatic carbocycles. The molecule has 0 heterocycles. The average Bonchev–Trinajstić information content (AvgIpc) is 2.28. The first-order valence-electron chi connectivity index (χ1n) is 5.20. The highest BCUT2D eigenvalue weighted by molar-refractivity contribution is 7.98. The van der Waals surface area contributed by atoms with E-state index in [-0.39, 0.29) is 5.91 Å². The second-order valence-corrected chi connectivity index (χ2v) is 4.67. The van der Waals surface area contributed by atoms with Crippen LogP contribution >= 0.6 is 11.8 Å². The van der Waals surface area contributed by atoms with E-state index in [4.69, 9.17) is 0 Å². The van der Waals surface area contributed by atoms with Gasteiger partial charge in [0.05, 0.1) is 0 Å². The highest BCUT2D eigenvalue weighted by Gasteiger charge is 2.04. The van der Waals surface area contributed by atoms with E-state index in [1.54, 1.807) is 11.8 Å². The Labute approximate surface area is 101 Å². The maximum Gasteiger partial charge on any atom is 0.251 e. The maximum absolute atomic E-state index is 11.7. The third-order valence-corrected chi connectivity index (χ3v) is 2.94. The summed E-state index contributed by atoms with van der Waals surface area (Å²) in [5, 5.41) is 2.88. The highest BCUT2D eigenvalue weighted by Crippen LogP contribution is 2.14. The Kier molecular flexibility index (Phi) is 5.35. The van der Waals surface area contributed by atoms with E-state index < -0.39 is 0 Å². The van der Waals surface area contributed by atoms with Crippen molar-refractivity contribution in [2.75, 3.05) is 33.4 Å². The van der Waals surface area contributed by atoms with E-state index in [9.17, 15) is 4.79 Å². The van der Waals surface area contributed by atoms with Crippen molar-refractivity contribution in [2.24, 2.45) is 0 Å². The molecule has 1 aromatic rings. The molecule has 1 aromatic carbocycles. The Balaban J connectivity index is 2.46. The third kappa shape index (κ3) is 4.24. The van der Waals surface area contributed by atoms with Gasteiger partial charge in [0.1, 0.15) is 0 Å². The van der Waals surface area contributed by atoms with Gasteiger partial charge in [-0.05, 0) is 44.6 Å². The molecule has 3 nitrogen and oxygen atoms in total. The Morgan fingerprint density at radius 3 is 2.44 bits per heavy atom. The summed E-state index contributed by atoms with van der Waals surface area (Å²) in [5.41, 5.74) is 0.719. The average molecular weight is 238 g/mol. The second-order valence-electron chi connectivity index (χ2n) is 3.79. The van der Waals surface area contributed by atoms with Crippen LogP contribution in [0.4, 0.5) is 0 Å². The maximum atomic E-state index is 11.7. The molecule has 0 unspecified atom stereocenters. The van der Waals surface area contributed by atoms with Gasteiger partial charge < -0.3 is 10.2 Å². The van der Waals surface area contributed by atoms with Crippen molar-refractivity contribution in [3.05, 3.63) is 29.8 Å². The Morgan fingerprint density at radius 1 is 1.31 bits per heavy atom. The molecule has 0 radical (unpaired) electrons. The molecule has 1 amide bonds. The molecule has 0 aromatic heterocycles. The van der Waals surface area contributed by atoms with Crippen LogP contribution in [0, 0.1) is 0 Å². The molecule has 0 aliphatic rings. The van der Waals surface area contributed by atoms with Crippen molar-refractivity contribution in [3.63, 3.8) is 0 Å². The van der Waals surface area contributed by atoms with Crippen LogP contribution < -0.4 is 5.32 Å². The summed E-state index contributed by atoms with van der Waals surface area (Å²) in [6.45, 7) is 1.53. The van der Waals surface area contributed by atoms with Gasteiger partial charge in [0.15, 0.2) is 0 Å². The fourth-order valence-electron chi connectivity index (χ4n) is 1.24. The minimum Gasteiger partial charge on any atom is -0.351 e. The van der Waals surface area contributed by atoms with E-state index in [0.717, 1.165) is 12.1 Å². The number of nitrogens with zero attached hydrogens (tertiary/aromatic N) is 1. The largest absolute Gasteiger partial charge is 0.351 e. The predicted molar refractivity (Wildman–Crippen MR) is 69.1 cm³/mol. The van der Waals surface area contributed by atoms with Crippen molar-refractivity contribution in [3.8, 4) is 0 Å². The standard InChI is InChI=1S/C12H18N2OS/c1-14(2)9-8-13-12(15)10-4-6-11(16-3)7-5-10/h4-7H,8-9H2,1-3H3,(H,13,15). The van der Waals surface area contributed by atoms with Crippen LogP contribution in [0.25, 0.3) is 0 Å². The molecule has 16 heavy (non-hydrogen) atoms. The van der Waals surface area contributed by atoms with Gasteiger partial charge in [-0.2, -0.15) is 0 Å². The highest BCUT2D eigenvalue weighted by atomic mass is 32.2. The molecular weight excluding hydrogens is 220 g/mol. The van der Waals surface area contributed by atoms with Crippen LogP contribution in [0.1, 0.15) is 10.4 Å². The molecule has 1 N–H and O–H groups in total. The monoisotopic (exact) mass is 238 g/mol. The molecule has 0 fully saturated rings. The molecule has 0 atom stereocenters. The summed E-state index contributed by atoms with van der Waals surface area (Å²) < 4.78 is 0. The summed E-state index contributed by atoms with van der Waals surface area (Å²) in [4.78, 5) is 14.9. The molecule has 1 rings (SSSR count). The lowest BCUT2D eigenvalue weighted by atomic mass is 10.2. The zero-order chi connectivity index (χ0) is 12.0. The Bertz CT molecular complexity index is 335. The molecule has 88 valence electrons. The number of hydrogen-bond donors (Lipinski definition) is 1. The SMILES string of the molecule is CSc1ccc(C(=O)NCCN(C)C)cc1. The van der Waals surface area contributed by atoms with Gasteiger partial charge in [0.2, 0.25) is 0 Å². The van der Waals surface area contributed by atoms with E-state index in [0.29, 0.717) is 6.54 Å². The van der Waals surface area contributed by atoms with Crippen molar-refractivity contribution >= 4 is 17.7 Å². The number of benzene rings is 1. The van der Waals surface area contributed by atoms with Crippen LogP contribution in [-0.2, 0) is 0 Å². The summed E-state index contributed by atoms with van der Waals surface area (Å²) in [6.07, 6.45) is 2.02. The van der Waals surface area contributed by atoms with Gasteiger partial charge in [-0.15, -0.1) is 11.8 Å². The van der Waals surface area contributed by atoms with Gasteiger partial charge in [-0.25, -0.2) is 0 Å². The zero-order valence-electron chi connectivity index (χ0n) is 9.99. The van der Waals surface area contributed by atoms with Gasteiger partial charge >= 0.3 is 0 Å². The van der Waals surface area contributed by atoms with Crippen molar-refractivity contribution < 1.29 is 4.79 Å². The molecule has 0 bridgehead atoms. The van der Waals surface area contributed by atoms with Crippen LogP contribution in [0.5, 0.6) is 0 Å². The van der Waals surface area contributed by atoms with E-state index in [1.807, 2.05) is 49.5 Å². The summed E-state index contributed by atoms with van der Waals surface area (Å²) in [6, 6.07) is 7.64. The normalized spacial score (nSPS) is 10.5. The quantitative estimate of drug-likeness (QED) is 0.792. The molecule has 0 saturated heterocycles. The van der Waals surface area contributed by atoms with Crippen molar-refractivity contribution in [1.82, 2.24) is 10.2 Å². The Hall–Kier alpha value is -1.00. The number of likely N-dealkylation sites (N-methyl/N-ethyl adjacent to an activating group) is 1. The number of carbonyl (C=O) groups excluding carboxylic acids is 1. The number of amides is 1. The first-order chi connectivity index (χ1) is 7.63. The number of hydrogen-bond acceptors (Lipinski definition) is 3. The zero-order valence-corrected chi connectivity index (χ0v) is 10.8. The minimum absolute atomic E-state index is 0.00509. The predicted octanol–water partition coefficient (Wildman–Crippen LogP) is 1.70. The van der Waals surface area contributed by atoms with Crippen LogP contribution in [0.2, 0.25) is 0 Å². The third-order valence-electron chi connectivity index (χ3n) is 2.20. The number of rotatable bonds is 5. The lowest BCUT2D eigenvalue weighted by Crippen LogP contribution is -2.31. The number of carbonyl (C=O) groups is 1. The number of thioether (sulfide) groups is 1. The van der Waals surface area contributed by atoms with Gasteiger partial charge in [-0.1, -0.05) is 0 Å². The summed E-state index contributed by atoms with van der Waals surface area (Å²) >= 11 is 1.67. The fourth-order valence-corrected chi connectivity index (χ4v) is 1.65. The lowest BCUT2D eigenvalue weighted by Gasteiger charge is -2.10. The summed E-state index contributed by atoms with van der Waals surface area (Å²) in [7, 11) is 3.97. The van der Waals surface area contributed by atoms with Crippen molar-refractivity contribution in [2.45, 2.75) is 4.90 Å². The van der Waals surface area contributed by atoms with E-state index >= 15 is 0 Å². The van der Waals surface area contributed by atoms with Gasteiger partial charge in [-0.3, -0.25) is 4.79 Å². The molecule has 0 spiro atoms. The van der Waals surface area contributed by atoms with Gasteiger partial charge in [0, 0.05) is 23.5 Å². The minimum atomic E-state index is -0.00509. The van der Waals surface area contributed by atoms with E-state index in [1.165, 1.54) is 4.90 Å². The summed E-state index contributed by atoms with van der Waals surface area (Å²) in [5.74, 6) is -0.00509. The van der Waals surface area contributed by atoms with Crippen LogP contribution in [-0.4, -0.2) is 44.2 Å². The van der Waals surface area contributed by atoms with E-state index in [2.05, 4.69) is 5.32 Å². The van der Waals surface area contributed by atoms with Crippen molar-refractivity contribution in [1.29, 1.82) is 0 Å². The van der Waals surface area contributed by atoms with Crippen LogP contribution in [0.3, 0.4) is 0 Å². The second kappa shape index (κ2) is 6.55. The molecule has 4 heteroatoms.